The standard InChI is InChI=1S/C14H18N2O7S/c1-8(2)4-12(14(18)19)15-13(17)9-5-10(16(20)21)7-11(6-9)24(3,22)23/h5-8,12H,4H2,1-3H3,(H,15,17)(H,18,19)/t12-/m1/s1. The van der Waals surface area contributed by atoms with E-state index >= 15 is 0 Å². The third-order valence-corrected chi connectivity index (χ3v) is 4.19. The second kappa shape index (κ2) is 7.39. The molecule has 0 radical (unpaired) electrons. The maximum absolute atomic E-state index is 12.2. The van der Waals surface area contributed by atoms with E-state index in [1.54, 1.807) is 13.8 Å². The monoisotopic (exact) mass is 358 g/mol. The third-order valence-electron chi connectivity index (χ3n) is 3.10. The summed E-state index contributed by atoms with van der Waals surface area (Å²) in [6, 6.07) is 1.54. The van der Waals surface area contributed by atoms with Crippen LogP contribution in [-0.2, 0) is 14.6 Å². The van der Waals surface area contributed by atoms with E-state index in [2.05, 4.69) is 5.32 Å². The fourth-order valence-electron chi connectivity index (χ4n) is 1.97. The van der Waals surface area contributed by atoms with Crippen LogP contribution in [0.3, 0.4) is 0 Å². The van der Waals surface area contributed by atoms with E-state index in [4.69, 9.17) is 5.11 Å². The molecule has 0 aliphatic heterocycles. The lowest BCUT2D eigenvalue weighted by Crippen LogP contribution is -2.41. The van der Waals surface area contributed by atoms with Crippen molar-refractivity contribution in [1.29, 1.82) is 0 Å². The Kier molecular flexibility index (Phi) is 6.02. The summed E-state index contributed by atoms with van der Waals surface area (Å²) in [5, 5.41) is 22.3. The van der Waals surface area contributed by atoms with Crippen LogP contribution < -0.4 is 5.32 Å². The Labute approximate surface area is 138 Å². The van der Waals surface area contributed by atoms with Crippen molar-refractivity contribution in [2.75, 3.05) is 6.26 Å². The van der Waals surface area contributed by atoms with E-state index in [0.717, 1.165) is 24.5 Å². The van der Waals surface area contributed by atoms with Gasteiger partial charge in [0, 0.05) is 24.0 Å². The van der Waals surface area contributed by atoms with Crippen molar-refractivity contribution in [2.45, 2.75) is 31.2 Å². The molecule has 10 heteroatoms. The number of non-ortho nitro benzene ring substituents is 1. The zero-order valence-electron chi connectivity index (χ0n) is 13.3. The number of nitro groups is 1. The summed E-state index contributed by atoms with van der Waals surface area (Å²) in [7, 11) is -3.78. The smallest absolute Gasteiger partial charge is 0.326 e. The largest absolute Gasteiger partial charge is 0.480 e. The number of nitrogens with one attached hydrogen (secondary N) is 1. The topological polar surface area (TPSA) is 144 Å². The summed E-state index contributed by atoms with van der Waals surface area (Å²) in [5.74, 6) is -2.15. The molecule has 132 valence electrons. The first-order valence-corrected chi connectivity index (χ1v) is 8.84. The summed E-state index contributed by atoms with van der Waals surface area (Å²) in [6.07, 6.45) is 1.02. The lowest BCUT2D eigenvalue weighted by molar-refractivity contribution is -0.385. The van der Waals surface area contributed by atoms with Gasteiger partial charge in [-0.2, -0.15) is 0 Å². The Morgan fingerprint density at radius 3 is 2.29 bits per heavy atom. The minimum absolute atomic E-state index is 0.0110. The van der Waals surface area contributed by atoms with E-state index in [9.17, 15) is 28.1 Å². The summed E-state index contributed by atoms with van der Waals surface area (Å²) < 4.78 is 23.2. The Morgan fingerprint density at radius 2 is 1.88 bits per heavy atom. The average Bonchev–Trinajstić information content (AvgIpc) is 2.44. The molecule has 24 heavy (non-hydrogen) atoms. The average molecular weight is 358 g/mol. The fraction of sp³-hybridized carbons (Fsp3) is 0.429. The molecular formula is C14H18N2O7S. The number of sulfone groups is 1. The molecule has 1 aromatic carbocycles. The van der Waals surface area contributed by atoms with Gasteiger partial charge in [0.15, 0.2) is 9.84 Å². The lowest BCUT2D eigenvalue weighted by atomic mass is 10.0. The van der Waals surface area contributed by atoms with Crippen LogP contribution in [0.1, 0.15) is 30.6 Å². The van der Waals surface area contributed by atoms with Gasteiger partial charge in [0.05, 0.1) is 9.82 Å². The number of amides is 1. The zero-order valence-corrected chi connectivity index (χ0v) is 14.2. The van der Waals surface area contributed by atoms with Gasteiger partial charge >= 0.3 is 5.97 Å². The highest BCUT2D eigenvalue weighted by molar-refractivity contribution is 7.90. The Balaban J connectivity index is 3.24. The van der Waals surface area contributed by atoms with Gasteiger partial charge in [-0.1, -0.05) is 13.8 Å². The van der Waals surface area contributed by atoms with Crippen LogP contribution in [0.15, 0.2) is 23.1 Å². The van der Waals surface area contributed by atoms with Gasteiger partial charge in [-0.3, -0.25) is 14.9 Å². The number of rotatable bonds is 7. The normalized spacial score (nSPS) is 12.7. The van der Waals surface area contributed by atoms with E-state index in [-0.39, 0.29) is 17.9 Å². The number of carboxylic acids is 1. The molecule has 0 aliphatic rings. The van der Waals surface area contributed by atoms with Crippen LogP contribution in [0, 0.1) is 16.0 Å². The molecular weight excluding hydrogens is 340 g/mol. The summed E-state index contributed by atoms with van der Waals surface area (Å²) in [5.41, 5.74) is -0.863. The van der Waals surface area contributed by atoms with Crippen molar-refractivity contribution >= 4 is 27.4 Å². The molecule has 1 amide bonds. The van der Waals surface area contributed by atoms with Gasteiger partial charge in [-0.25, -0.2) is 13.2 Å². The van der Waals surface area contributed by atoms with Gasteiger partial charge in [0.25, 0.3) is 11.6 Å². The van der Waals surface area contributed by atoms with E-state index in [1.165, 1.54) is 0 Å². The molecule has 1 atom stereocenters. The number of hydrogen-bond acceptors (Lipinski definition) is 6. The third kappa shape index (κ3) is 5.30. The SMILES string of the molecule is CC(C)C[C@@H](NC(=O)c1cc([N+](=O)[O-])cc(S(C)(=O)=O)c1)C(=O)O. The Bertz CT molecular complexity index is 771. The molecule has 0 spiro atoms. The number of carbonyl (C=O) groups excluding carboxylic acids is 1. The van der Waals surface area contributed by atoms with Crippen LogP contribution in [0.2, 0.25) is 0 Å². The molecule has 0 unspecified atom stereocenters. The summed E-state index contributed by atoms with van der Waals surface area (Å²) in [6.45, 7) is 3.55. The molecule has 0 saturated heterocycles. The highest BCUT2D eigenvalue weighted by atomic mass is 32.2. The van der Waals surface area contributed by atoms with Gasteiger partial charge in [0.1, 0.15) is 6.04 Å². The number of aliphatic carboxylic acids is 1. The number of hydrogen-bond donors (Lipinski definition) is 2. The van der Waals surface area contributed by atoms with E-state index < -0.39 is 43.3 Å². The van der Waals surface area contributed by atoms with Crippen LogP contribution in [0.4, 0.5) is 5.69 Å². The first-order valence-electron chi connectivity index (χ1n) is 6.95. The van der Waals surface area contributed by atoms with E-state index in [0.29, 0.717) is 0 Å². The molecule has 0 fully saturated rings. The lowest BCUT2D eigenvalue weighted by Gasteiger charge is -2.16. The first kappa shape index (κ1) is 19.6. The van der Waals surface area contributed by atoms with Crippen molar-refractivity contribution in [3.63, 3.8) is 0 Å². The molecule has 0 aliphatic carbocycles. The molecule has 9 nitrogen and oxygen atoms in total. The molecule has 2 N–H and O–H groups in total. The first-order chi connectivity index (χ1) is 10.9. The maximum Gasteiger partial charge on any atom is 0.326 e. The van der Waals surface area contributed by atoms with Gasteiger partial charge in [0.2, 0.25) is 0 Å². The van der Waals surface area contributed by atoms with Crippen molar-refractivity contribution in [2.24, 2.45) is 5.92 Å². The van der Waals surface area contributed by atoms with Crippen molar-refractivity contribution < 1.29 is 28.0 Å². The predicted octanol–water partition coefficient (Wildman–Crippen LogP) is 1.23. The minimum atomic E-state index is -3.78. The maximum atomic E-state index is 12.2. The Morgan fingerprint density at radius 1 is 1.29 bits per heavy atom. The van der Waals surface area contributed by atoms with Gasteiger partial charge in [-0.05, 0) is 18.4 Å². The van der Waals surface area contributed by atoms with E-state index in [1.807, 2.05) is 0 Å². The van der Waals surface area contributed by atoms with Crippen LogP contribution in [-0.4, -0.2) is 42.6 Å². The van der Waals surface area contributed by atoms with Crippen LogP contribution >= 0.6 is 0 Å². The van der Waals surface area contributed by atoms with Crippen molar-refractivity contribution in [3.05, 3.63) is 33.9 Å². The van der Waals surface area contributed by atoms with Crippen molar-refractivity contribution in [1.82, 2.24) is 5.32 Å². The number of carboxylic acid groups (broad SMARTS) is 1. The van der Waals surface area contributed by atoms with Gasteiger partial charge < -0.3 is 10.4 Å². The molecule has 1 rings (SSSR count). The molecule has 0 heterocycles. The van der Waals surface area contributed by atoms with Gasteiger partial charge in [-0.15, -0.1) is 0 Å². The number of nitrogens with zero attached hydrogens (tertiary/aromatic N) is 1. The molecule has 1 aromatic rings. The fourth-order valence-corrected chi connectivity index (χ4v) is 2.64. The second-order valence-corrected chi connectivity index (χ2v) is 7.75. The minimum Gasteiger partial charge on any atom is -0.480 e. The number of nitro benzene ring substituents is 1. The van der Waals surface area contributed by atoms with Crippen LogP contribution in [0.25, 0.3) is 0 Å². The molecule has 0 aromatic heterocycles. The molecule has 0 bridgehead atoms. The second-order valence-electron chi connectivity index (χ2n) is 5.74. The zero-order chi connectivity index (χ0) is 18.7. The van der Waals surface area contributed by atoms with Crippen LogP contribution in [0.5, 0.6) is 0 Å². The highest BCUT2D eigenvalue weighted by Crippen LogP contribution is 2.21. The molecule has 0 saturated carbocycles. The summed E-state index contributed by atoms with van der Waals surface area (Å²) in [4.78, 5) is 33.1. The highest BCUT2D eigenvalue weighted by Gasteiger charge is 2.24. The quantitative estimate of drug-likeness (QED) is 0.551. The number of benzene rings is 1. The van der Waals surface area contributed by atoms with Crippen molar-refractivity contribution in [3.8, 4) is 0 Å². The predicted molar refractivity (Wildman–Crippen MR) is 84.6 cm³/mol. The number of carbonyl (C=O) groups is 2. The Hall–Kier alpha value is -2.49. The summed E-state index contributed by atoms with van der Waals surface area (Å²) >= 11 is 0.